The van der Waals surface area contributed by atoms with Crippen LogP contribution in [0.15, 0.2) is 91.0 Å². The largest absolute Gasteiger partial charge is 0.494 e. The Morgan fingerprint density at radius 2 is 1.56 bits per heavy atom. The van der Waals surface area contributed by atoms with Crippen molar-refractivity contribution in [2.24, 2.45) is 0 Å². The fraction of sp³-hybridized carbons (Fsp3) is 0.371. The molecule has 216 valence electrons. The molecule has 1 aliphatic heterocycles. The van der Waals surface area contributed by atoms with Crippen LogP contribution in [0.4, 0.5) is 0 Å². The number of ether oxygens (including phenoxy) is 4. The molecule has 6 heteroatoms. The van der Waals surface area contributed by atoms with E-state index in [1.54, 1.807) is 0 Å². The van der Waals surface area contributed by atoms with Crippen LogP contribution in [0.3, 0.4) is 0 Å². The fourth-order valence-electron chi connectivity index (χ4n) is 5.37. The number of benzene rings is 4. The Kier molecular flexibility index (Phi) is 10.7. The van der Waals surface area contributed by atoms with E-state index in [2.05, 4.69) is 78.1 Å². The molecule has 1 heterocycles. The van der Waals surface area contributed by atoms with E-state index in [0.29, 0.717) is 38.4 Å². The van der Waals surface area contributed by atoms with Crippen LogP contribution in [0.1, 0.15) is 48.3 Å². The summed E-state index contributed by atoms with van der Waals surface area (Å²) in [5.41, 5.74) is 3.64. The first-order valence-electron chi connectivity index (χ1n) is 14.7. The molecular weight excluding hydrogens is 578 g/mol. The molecule has 0 bridgehead atoms. The Morgan fingerprint density at radius 1 is 0.756 bits per heavy atom. The van der Waals surface area contributed by atoms with Crippen molar-refractivity contribution in [1.29, 1.82) is 0 Å². The topological polar surface area (TPSA) is 49.0 Å². The predicted molar refractivity (Wildman–Crippen MR) is 169 cm³/mol. The number of hydrogen-bond acceptors (Lipinski definition) is 5. The van der Waals surface area contributed by atoms with Crippen molar-refractivity contribution in [2.75, 3.05) is 26.3 Å². The number of rotatable bonds is 13. The first-order valence-corrected chi connectivity index (χ1v) is 14.7. The molecule has 4 aromatic carbocycles. The minimum atomic E-state index is 0. The third kappa shape index (κ3) is 8.32. The van der Waals surface area contributed by atoms with Crippen molar-refractivity contribution in [2.45, 2.75) is 57.0 Å². The summed E-state index contributed by atoms with van der Waals surface area (Å²) in [6, 6.07) is 31.8. The van der Waals surface area contributed by atoms with Crippen LogP contribution in [0.2, 0.25) is 0 Å². The normalized spacial score (nSPS) is 18.5. The van der Waals surface area contributed by atoms with Crippen molar-refractivity contribution in [1.82, 2.24) is 5.32 Å². The zero-order chi connectivity index (χ0) is 27.0. The predicted octanol–water partition coefficient (Wildman–Crippen LogP) is 7.61. The molecule has 0 radical (unpaired) electrons. The van der Waals surface area contributed by atoms with Gasteiger partial charge in [-0.05, 0) is 72.0 Å². The molecule has 1 N–H and O–H groups in total. The number of halogens is 1. The fourth-order valence-corrected chi connectivity index (χ4v) is 5.37. The lowest BCUT2D eigenvalue weighted by molar-refractivity contribution is 0.0106. The summed E-state index contributed by atoms with van der Waals surface area (Å²) < 4.78 is 24.4. The number of fused-ring (bicyclic) bond motifs is 1. The van der Waals surface area contributed by atoms with Crippen LogP contribution >= 0.6 is 17.0 Å². The second-order valence-electron chi connectivity index (χ2n) is 10.9. The molecule has 41 heavy (non-hydrogen) atoms. The summed E-state index contributed by atoms with van der Waals surface area (Å²) >= 11 is 0. The van der Waals surface area contributed by atoms with Gasteiger partial charge in [-0.1, -0.05) is 66.7 Å². The Hall–Kier alpha value is -2.90. The first kappa shape index (κ1) is 29.6. The molecule has 1 aliphatic carbocycles. The van der Waals surface area contributed by atoms with Gasteiger partial charge in [-0.25, -0.2) is 0 Å². The summed E-state index contributed by atoms with van der Waals surface area (Å²) in [6.07, 6.45) is 4.76. The van der Waals surface area contributed by atoms with E-state index in [0.717, 1.165) is 55.8 Å². The summed E-state index contributed by atoms with van der Waals surface area (Å²) in [5.74, 6) is 2.22. The molecule has 2 aliphatic rings. The highest BCUT2D eigenvalue weighted by Gasteiger charge is 2.27. The van der Waals surface area contributed by atoms with Gasteiger partial charge in [0.05, 0.1) is 38.6 Å². The maximum absolute atomic E-state index is 6.46. The minimum Gasteiger partial charge on any atom is -0.494 e. The van der Waals surface area contributed by atoms with Crippen molar-refractivity contribution in [3.05, 3.63) is 108 Å². The number of para-hydroxylation sites is 1. The molecule has 0 amide bonds. The molecule has 2 unspecified atom stereocenters. The van der Waals surface area contributed by atoms with Crippen LogP contribution in [0.5, 0.6) is 11.5 Å². The van der Waals surface area contributed by atoms with Crippen molar-refractivity contribution < 1.29 is 18.9 Å². The van der Waals surface area contributed by atoms with Crippen molar-refractivity contribution in [3.63, 3.8) is 0 Å². The minimum absolute atomic E-state index is 0. The highest BCUT2D eigenvalue weighted by atomic mass is 79.9. The molecule has 5 nitrogen and oxygen atoms in total. The zero-order valence-electron chi connectivity index (χ0n) is 23.5. The standard InChI is InChI=1S/C35H39NO4.BrH/c1-2-7-29-22-26(10-11-27(29)6-1)24-39-35-23-36-19-18-33(35)28-12-14-31(15-13-28)38-21-5-20-37-25-30-8-3-4-9-34(30)40-32-16-17-32;/h1-4,6-15,22,32-33,35-36H,5,16-21,23-25H2;1H. The molecular formula is C35H40BrNO4. The average molecular weight is 619 g/mol. The van der Waals surface area contributed by atoms with E-state index < -0.39 is 0 Å². The molecule has 1 saturated carbocycles. The van der Waals surface area contributed by atoms with E-state index in [1.807, 2.05) is 18.2 Å². The van der Waals surface area contributed by atoms with Crippen LogP contribution in [-0.2, 0) is 22.7 Å². The lowest BCUT2D eigenvalue weighted by Gasteiger charge is -2.32. The molecule has 0 aromatic heterocycles. The van der Waals surface area contributed by atoms with E-state index in [4.69, 9.17) is 18.9 Å². The van der Waals surface area contributed by atoms with Gasteiger partial charge >= 0.3 is 0 Å². The molecule has 1 saturated heterocycles. The van der Waals surface area contributed by atoms with Gasteiger partial charge in [0.15, 0.2) is 0 Å². The second kappa shape index (κ2) is 14.8. The Balaban J connectivity index is 0.00000337. The van der Waals surface area contributed by atoms with Crippen LogP contribution in [0.25, 0.3) is 10.8 Å². The Bertz CT molecular complexity index is 1370. The highest BCUT2D eigenvalue weighted by molar-refractivity contribution is 8.93. The van der Waals surface area contributed by atoms with Gasteiger partial charge in [0, 0.05) is 24.4 Å². The Labute approximate surface area is 253 Å². The lowest BCUT2D eigenvalue weighted by Crippen LogP contribution is -2.40. The van der Waals surface area contributed by atoms with Gasteiger partial charge in [0.25, 0.3) is 0 Å². The van der Waals surface area contributed by atoms with E-state index in [9.17, 15) is 0 Å². The maximum atomic E-state index is 6.46. The van der Waals surface area contributed by atoms with Gasteiger partial charge in [0.1, 0.15) is 11.5 Å². The van der Waals surface area contributed by atoms with Crippen molar-refractivity contribution in [3.8, 4) is 11.5 Å². The summed E-state index contributed by atoms with van der Waals surface area (Å²) in [4.78, 5) is 0. The quantitative estimate of drug-likeness (QED) is 0.156. The first-order chi connectivity index (χ1) is 19.8. The molecule has 0 spiro atoms. The van der Waals surface area contributed by atoms with Gasteiger partial charge < -0.3 is 24.3 Å². The van der Waals surface area contributed by atoms with Crippen molar-refractivity contribution >= 4 is 27.8 Å². The monoisotopic (exact) mass is 617 g/mol. The van der Waals surface area contributed by atoms with Crippen LogP contribution in [0, 0.1) is 0 Å². The molecule has 6 rings (SSSR count). The summed E-state index contributed by atoms with van der Waals surface area (Å²) in [7, 11) is 0. The molecule has 4 aromatic rings. The van der Waals surface area contributed by atoms with E-state index in [1.165, 1.54) is 21.9 Å². The van der Waals surface area contributed by atoms with Crippen LogP contribution in [-0.4, -0.2) is 38.5 Å². The van der Waals surface area contributed by atoms with Gasteiger partial charge in [-0.2, -0.15) is 0 Å². The van der Waals surface area contributed by atoms with E-state index >= 15 is 0 Å². The number of piperidine rings is 1. The van der Waals surface area contributed by atoms with Crippen LogP contribution < -0.4 is 14.8 Å². The summed E-state index contributed by atoms with van der Waals surface area (Å²) in [6.45, 7) is 4.35. The number of hydrogen-bond donors (Lipinski definition) is 1. The van der Waals surface area contributed by atoms with E-state index in [-0.39, 0.29) is 23.1 Å². The SMILES string of the molecule is Br.c1ccc(OC2CC2)c(COCCCOc2ccc(C3CCNCC3OCc3ccc4ccccc4c3)cc2)c1. The highest BCUT2D eigenvalue weighted by Crippen LogP contribution is 2.31. The van der Waals surface area contributed by atoms with Gasteiger partial charge in [-0.3, -0.25) is 0 Å². The maximum Gasteiger partial charge on any atom is 0.125 e. The van der Waals surface area contributed by atoms with Gasteiger partial charge in [0.2, 0.25) is 0 Å². The Morgan fingerprint density at radius 3 is 2.41 bits per heavy atom. The third-order valence-electron chi connectivity index (χ3n) is 7.76. The third-order valence-corrected chi connectivity index (χ3v) is 7.76. The number of nitrogens with one attached hydrogen (secondary N) is 1. The smallest absolute Gasteiger partial charge is 0.125 e. The second-order valence-corrected chi connectivity index (χ2v) is 10.9. The lowest BCUT2D eigenvalue weighted by atomic mass is 9.87. The average Bonchev–Trinajstić information content (AvgIpc) is 3.83. The summed E-state index contributed by atoms with van der Waals surface area (Å²) in [5, 5.41) is 6.03. The molecule has 2 fully saturated rings. The zero-order valence-corrected chi connectivity index (χ0v) is 25.2. The molecule has 2 atom stereocenters. The van der Waals surface area contributed by atoms with Gasteiger partial charge in [-0.15, -0.1) is 17.0 Å².